The van der Waals surface area contributed by atoms with Crippen molar-refractivity contribution >= 4 is 29.2 Å². The number of esters is 1. The number of carbonyl (C=O) groups is 1. The molecule has 0 aliphatic rings. The van der Waals surface area contributed by atoms with Gasteiger partial charge >= 0.3 is 5.97 Å². The molecular weight excluding hydrogens is 379 g/mol. The number of hydrogen-bond donors (Lipinski definition) is 0. The van der Waals surface area contributed by atoms with Gasteiger partial charge in [0.15, 0.2) is 0 Å². The van der Waals surface area contributed by atoms with Gasteiger partial charge in [-0.25, -0.2) is 0 Å². The van der Waals surface area contributed by atoms with E-state index in [1.807, 2.05) is 31.2 Å². The molecule has 2 nitrogen and oxygen atoms in total. The van der Waals surface area contributed by atoms with E-state index >= 15 is 0 Å². The first kappa shape index (κ1) is 21.8. The first-order chi connectivity index (χ1) is 13.0. The molecular formula is C23H28Cl2O2. The summed E-state index contributed by atoms with van der Waals surface area (Å²) in [7, 11) is 0. The molecule has 0 radical (unpaired) electrons. The van der Waals surface area contributed by atoms with Crippen LogP contribution in [0.1, 0.15) is 63.5 Å². The summed E-state index contributed by atoms with van der Waals surface area (Å²) in [6.07, 6.45) is 6.92. The number of carbonyl (C=O) groups excluding carboxylic acids is 1. The molecule has 0 aliphatic carbocycles. The van der Waals surface area contributed by atoms with Crippen molar-refractivity contribution in [3.05, 3.63) is 69.7 Å². The number of unbranched alkanes of at least 4 members (excludes halogenated alkanes) is 5. The number of halogens is 2. The SMILES string of the molecule is CCCCCCCCOC(=O)C(C)(c1ccc(Cl)cc1)c1ccc(Cl)cc1. The van der Waals surface area contributed by atoms with Gasteiger partial charge in [-0.3, -0.25) is 4.79 Å². The summed E-state index contributed by atoms with van der Waals surface area (Å²) in [6.45, 7) is 4.54. The third-order valence-corrected chi connectivity index (χ3v) is 5.49. The highest BCUT2D eigenvalue weighted by molar-refractivity contribution is 6.30. The van der Waals surface area contributed by atoms with Crippen LogP contribution in [0.2, 0.25) is 10.0 Å². The summed E-state index contributed by atoms with van der Waals surface area (Å²) in [5.41, 5.74) is 0.793. The monoisotopic (exact) mass is 406 g/mol. The highest BCUT2D eigenvalue weighted by Gasteiger charge is 2.38. The van der Waals surface area contributed by atoms with Gasteiger partial charge in [0.2, 0.25) is 0 Å². The summed E-state index contributed by atoms with van der Waals surface area (Å²) < 4.78 is 5.68. The molecule has 0 amide bonds. The van der Waals surface area contributed by atoms with Crippen LogP contribution in [0.5, 0.6) is 0 Å². The first-order valence-corrected chi connectivity index (χ1v) is 10.4. The molecule has 0 saturated heterocycles. The Hall–Kier alpha value is -1.51. The van der Waals surface area contributed by atoms with Crippen molar-refractivity contribution in [1.82, 2.24) is 0 Å². The van der Waals surface area contributed by atoms with Gasteiger partial charge in [-0.05, 0) is 48.7 Å². The summed E-state index contributed by atoms with van der Waals surface area (Å²) in [4.78, 5) is 13.1. The van der Waals surface area contributed by atoms with E-state index < -0.39 is 5.41 Å². The fraction of sp³-hybridized carbons (Fsp3) is 0.435. The Labute approximate surface area is 172 Å². The Morgan fingerprint density at radius 3 is 1.74 bits per heavy atom. The van der Waals surface area contributed by atoms with E-state index in [0.29, 0.717) is 16.7 Å². The smallest absolute Gasteiger partial charge is 0.320 e. The maximum atomic E-state index is 13.1. The molecule has 2 aromatic rings. The second-order valence-electron chi connectivity index (χ2n) is 7.04. The van der Waals surface area contributed by atoms with E-state index in [9.17, 15) is 4.79 Å². The minimum atomic E-state index is -0.905. The largest absolute Gasteiger partial charge is 0.465 e. The lowest BCUT2D eigenvalue weighted by Gasteiger charge is -2.29. The van der Waals surface area contributed by atoms with Gasteiger partial charge in [0, 0.05) is 10.0 Å². The summed E-state index contributed by atoms with van der Waals surface area (Å²) in [5, 5.41) is 1.27. The van der Waals surface area contributed by atoms with Gasteiger partial charge < -0.3 is 4.74 Å². The van der Waals surface area contributed by atoms with Crippen molar-refractivity contribution in [3.63, 3.8) is 0 Å². The molecule has 146 valence electrons. The maximum Gasteiger partial charge on any atom is 0.320 e. The van der Waals surface area contributed by atoms with Crippen LogP contribution < -0.4 is 0 Å². The number of rotatable bonds is 10. The number of hydrogen-bond acceptors (Lipinski definition) is 2. The van der Waals surface area contributed by atoms with Gasteiger partial charge in [-0.1, -0.05) is 86.5 Å². The lowest BCUT2D eigenvalue weighted by atomic mass is 9.76. The molecule has 0 heterocycles. The second kappa shape index (κ2) is 10.7. The predicted octanol–water partition coefficient (Wildman–Crippen LogP) is 7.20. The average molecular weight is 407 g/mol. The lowest BCUT2D eigenvalue weighted by molar-refractivity contribution is -0.148. The topological polar surface area (TPSA) is 26.3 Å². The minimum absolute atomic E-state index is 0.249. The molecule has 2 aromatic carbocycles. The van der Waals surface area contributed by atoms with Crippen molar-refractivity contribution in [3.8, 4) is 0 Å². The molecule has 0 N–H and O–H groups in total. The number of ether oxygens (including phenoxy) is 1. The Kier molecular flexibility index (Phi) is 8.66. The molecule has 0 fully saturated rings. The molecule has 0 spiro atoms. The van der Waals surface area contributed by atoms with Crippen LogP contribution in [-0.2, 0) is 14.9 Å². The third-order valence-electron chi connectivity index (χ3n) is 4.98. The zero-order valence-electron chi connectivity index (χ0n) is 16.1. The number of benzene rings is 2. The van der Waals surface area contributed by atoms with Gasteiger partial charge in [-0.15, -0.1) is 0 Å². The molecule has 2 rings (SSSR count). The zero-order chi connectivity index (χ0) is 19.7. The van der Waals surface area contributed by atoms with Crippen LogP contribution in [0, 0.1) is 0 Å². The average Bonchev–Trinajstić information content (AvgIpc) is 2.67. The highest BCUT2D eigenvalue weighted by Crippen LogP contribution is 2.35. The van der Waals surface area contributed by atoms with Crippen molar-refractivity contribution in [1.29, 1.82) is 0 Å². The first-order valence-electron chi connectivity index (χ1n) is 9.67. The van der Waals surface area contributed by atoms with E-state index in [0.717, 1.165) is 24.0 Å². The maximum absolute atomic E-state index is 13.1. The van der Waals surface area contributed by atoms with E-state index in [2.05, 4.69) is 6.92 Å². The molecule has 27 heavy (non-hydrogen) atoms. The lowest BCUT2D eigenvalue weighted by Crippen LogP contribution is -2.36. The molecule has 0 aliphatic heterocycles. The van der Waals surface area contributed by atoms with Crippen molar-refractivity contribution < 1.29 is 9.53 Å². The molecule has 4 heteroatoms. The quantitative estimate of drug-likeness (QED) is 0.307. The van der Waals surface area contributed by atoms with Crippen LogP contribution in [0.15, 0.2) is 48.5 Å². The molecule has 0 aromatic heterocycles. The van der Waals surface area contributed by atoms with Gasteiger partial charge in [0.05, 0.1) is 6.61 Å². The van der Waals surface area contributed by atoms with E-state index in [4.69, 9.17) is 27.9 Å². The Balaban J connectivity index is 2.11. The standard InChI is InChI=1S/C23H28Cl2O2/c1-3-4-5-6-7-8-17-27-22(26)23(2,18-9-13-20(24)14-10-18)19-11-15-21(25)16-12-19/h9-16H,3-8,17H2,1-2H3. The zero-order valence-corrected chi connectivity index (χ0v) is 17.7. The summed E-state index contributed by atoms with van der Waals surface area (Å²) >= 11 is 12.1. The van der Waals surface area contributed by atoms with Crippen LogP contribution in [0.25, 0.3) is 0 Å². The molecule has 0 bridgehead atoms. The Bertz CT molecular complexity index is 663. The summed E-state index contributed by atoms with van der Waals surface area (Å²) in [6, 6.07) is 14.7. The van der Waals surface area contributed by atoms with Crippen molar-refractivity contribution in [2.24, 2.45) is 0 Å². The fourth-order valence-electron chi connectivity index (χ4n) is 3.16. The summed E-state index contributed by atoms with van der Waals surface area (Å²) in [5.74, 6) is -0.249. The molecule has 0 saturated carbocycles. The highest BCUT2D eigenvalue weighted by atomic mass is 35.5. The van der Waals surface area contributed by atoms with Crippen LogP contribution in [0.4, 0.5) is 0 Å². The van der Waals surface area contributed by atoms with Crippen molar-refractivity contribution in [2.75, 3.05) is 6.61 Å². The third kappa shape index (κ3) is 5.99. The van der Waals surface area contributed by atoms with Crippen molar-refractivity contribution in [2.45, 2.75) is 57.8 Å². The minimum Gasteiger partial charge on any atom is -0.465 e. The van der Waals surface area contributed by atoms with Gasteiger partial charge in [0.25, 0.3) is 0 Å². The Morgan fingerprint density at radius 1 is 0.815 bits per heavy atom. The Morgan fingerprint density at radius 2 is 1.26 bits per heavy atom. The van der Waals surface area contributed by atoms with E-state index in [-0.39, 0.29) is 5.97 Å². The second-order valence-corrected chi connectivity index (χ2v) is 7.92. The van der Waals surface area contributed by atoms with Gasteiger partial charge in [-0.2, -0.15) is 0 Å². The van der Waals surface area contributed by atoms with Gasteiger partial charge in [0.1, 0.15) is 5.41 Å². The van der Waals surface area contributed by atoms with Crippen LogP contribution in [-0.4, -0.2) is 12.6 Å². The molecule has 0 unspecified atom stereocenters. The van der Waals surface area contributed by atoms with E-state index in [1.165, 1.54) is 25.7 Å². The normalized spacial score (nSPS) is 11.4. The fourth-order valence-corrected chi connectivity index (χ4v) is 3.41. The predicted molar refractivity (Wildman–Crippen MR) is 114 cm³/mol. The van der Waals surface area contributed by atoms with Crippen LogP contribution in [0.3, 0.4) is 0 Å². The van der Waals surface area contributed by atoms with Crippen LogP contribution >= 0.6 is 23.2 Å². The van der Waals surface area contributed by atoms with E-state index in [1.54, 1.807) is 24.3 Å². The molecule has 0 atom stereocenters.